The number of anilines is 1. The molecule has 2 rings (SSSR count). The van der Waals surface area contributed by atoms with Crippen LogP contribution < -0.4 is 5.32 Å². The molecule has 2 aromatic rings. The van der Waals surface area contributed by atoms with Crippen molar-refractivity contribution in [2.24, 2.45) is 0 Å². The maximum Gasteiger partial charge on any atom is 0.0340 e. The molecule has 1 heterocycles. The third kappa shape index (κ3) is 4.69. The van der Waals surface area contributed by atoms with Crippen LogP contribution in [0.3, 0.4) is 0 Å². The second-order valence-corrected chi connectivity index (χ2v) is 5.97. The first-order valence-electron chi connectivity index (χ1n) is 6.81. The van der Waals surface area contributed by atoms with Crippen LogP contribution in [0, 0.1) is 0 Å². The second-order valence-electron chi connectivity index (χ2n) is 4.94. The molecule has 0 amide bonds. The molecule has 0 saturated heterocycles. The number of benzene rings is 1. The standard InChI is InChI=1S/C16H22N2S/c1-14(2)18(13-16-9-6-12-19-16)11-10-17-15-7-4-3-5-8-15/h3-9,12,14,17H,10-11,13H2,1-2H3. The zero-order valence-corrected chi connectivity index (χ0v) is 12.5. The van der Waals surface area contributed by atoms with Gasteiger partial charge in [-0.15, -0.1) is 11.3 Å². The third-order valence-corrected chi connectivity index (χ3v) is 4.03. The number of thiophene rings is 1. The summed E-state index contributed by atoms with van der Waals surface area (Å²) in [6, 6.07) is 15.3. The predicted molar refractivity (Wildman–Crippen MR) is 84.8 cm³/mol. The van der Waals surface area contributed by atoms with Gasteiger partial charge >= 0.3 is 0 Å². The number of nitrogens with zero attached hydrogens (tertiary/aromatic N) is 1. The molecule has 0 fully saturated rings. The fourth-order valence-electron chi connectivity index (χ4n) is 2.02. The van der Waals surface area contributed by atoms with E-state index in [2.05, 4.69) is 65.8 Å². The highest BCUT2D eigenvalue weighted by atomic mass is 32.1. The molecule has 1 aromatic carbocycles. The van der Waals surface area contributed by atoms with Gasteiger partial charge in [0.15, 0.2) is 0 Å². The van der Waals surface area contributed by atoms with Crippen LogP contribution >= 0.6 is 11.3 Å². The van der Waals surface area contributed by atoms with Gasteiger partial charge in [0.1, 0.15) is 0 Å². The number of hydrogen-bond donors (Lipinski definition) is 1. The summed E-state index contributed by atoms with van der Waals surface area (Å²) in [6.45, 7) is 7.61. The molecule has 0 bridgehead atoms. The maximum atomic E-state index is 3.47. The van der Waals surface area contributed by atoms with Gasteiger partial charge in [-0.05, 0) is 37.4 Å². The second kappa shape index (κ2) is 7.31. The zero-order chi connectivity index (χ0) is 13.5. The average molecular weight is 274 g/mol. The first-order chi connectivity index (χ1) is 9.25. The summed E-state index contributed by atoms with van der Waals surface area (Å²) in [7, 11) is 0. The Morgan fingerprint density at radius 2 is 1.89 bits per heavy atom. The topological polar surface area (TPSA) is 15.3 Å². The van der Waals surface area contributed by atoms with E-state index in [1.165, 1.54) is 10.6 Å². The van der Waals surface area contributed by atoms with Crippen LogP contribution in [0.25, 0.3) is 0 Å². The summed E-state index contributed by atoms with van der Waals surface area (Å²) in [6.07, 6.45) is 0. The summed E-state index contributed by atoms with van der Waals surface area (Å²) < 4.78 is 0. The summed E-state index contributed by atoms with van der Waals surface area (Å²) in [5.74, 6) is 0. The van der Waals surface area contributed by atoms with Crippen molar-refractivity contribution in [3.63, 3.8) is 0 Å². The molecule has 19 heavy (non-hydrogen) atoms. The molecule has 0 aliphatic carbocycles. The van der Waals surface area contributed by atoms with E-state index in [0.29, 0.717) is 6.04 Å². The minimum Gasteiger partial charge on any atom is -0.384 e. The smallest absolute Gasteiger partial charge is 0.0340 e. The van der Waals surface area contributed by atoms with Crippen molar-refractivity contribution in [1.29, 1.82) is 0 Å². The van der Waals surface area contributed by atoms with E-state index in [1.54, 1.807) is 0 Å². The molecular weight excluding hydrogens is 252 g/mol. The van der Waals surface area contributed by atoms with Gasteiger partial charge in [0, 0.05) is 36.2 Å². The van der Waals surface area contributed by atoms with Crippen molar-refractivity contribution in [2.75, 3.05) is 18.4 Å². The highest BCUT2D eigenvalue weighted by Gasteiger charge is 2.10. The molecule has 2 nitrogen and oxygen atoms in total. The molecule has 0 aliphatic heterocycles. The molecule has 1 aromatic heterocycles. The van der Waals surface area contributed by atoms with Crippen molar-refractivity contribution in [1.82, 2.24) is 4.90 Å². The SMILES string of the molecule is CC(C)N(CCNc1ccccc1)Cc1cccs1. The van der Waals surface area contributed by atoms with Crippen LogP contribution in [-0.4, -0.2) is 24.0 Å². The molecule has 0 unspecified atom stereocenters. The van der Waals surface area contributed by atoms with Gasteiger partial charge in [0.05, 0.1) is 0 Å². The van der Waals surface area contributed by atoms with Crippen molar-refractivity contribution in [3.05, 3.63) is 52.7 Å². The molecule has 1 N–H and O–H groups in total. The lowest BCUT2D eigenvalue weighted by Crippen LogP contribution is -2.34. The Balaban J connectivity index is 1.81. The lowest BCUT2D eigenvalue weighted by molar-refractivity contribution is 0.223. The Kier molecular flexibility index (Phi) is 5.43. The maximum absolute atomic E-state index is 3.47. The molecule has 0 saturated carbocycles. The zero-order valence-electron chi connectivity index (χ0n) is 11.7. The Labute approximate surface area is 120 Å². The van der Waals surface area contributed by atoms with Crippen LogP contribution in [0.4, 0.5) is 5.69 Å². The Morgan fingerprint density at radius 3 is 2.53 bits per heavy atom. The van der Waals surface area contributed by atoms with E-state index in [4.69, 9.17) is 0 Å². The predicted octanol–water partition coefficient (Wildman–Crippen LogP) is 4.07. The van der Waals surface area contributed by atoms with E-state index >= 15 is 0 Å². The highest BCUT2D eigenvalue weighted by molar-refractivity contribution is 7.09. The van der Waals surface area contributed by atoms with Gasteiger partial charge in [-0.1, -0.05) is 24.3 Å². The molecule has 0 spiro atoms. The molecule has 102 valence electrons. The van der Waals surface area contributed by atoms with Crippen LogP contribution in [0.1, 0.15) is 18.7 Å². The molecule has 0 atom stereocenters. The Hall–Kier alpha value is -1.32. The van der Waals surface area contributed by atoms with Crippen LogP contribution in [-0.2, 0) is 6.54 Å². The number of rotatable bonds is 7. The normalized spacial score (nSPS) is 11.2. The summed E-state index contributed by atoms with van der Waals surface area (Å²) >= 11 is 1.84. The first-order valence-corrected chi connectivity index (χ1v) is 7.69. The van der Waals surface area contributed by atoms with Crippen molar-refractivity contribution >= 4 is 17.0 Å². The Bertz CT molecular complexity index is 451. The monoisotopic (exact) mass is 274 g/mol. The molecule has 0 aliphatic rings. The van der Waals surface area contributed by atoms with Crippen LogP contribution in [0.2, 0.25) is 0 Å². The number of para-hydroxylation sites is 1. The van der Waals surface area contributed by atoms with Gasteiger partial charge in [-0.25, -0.2) is 0 Å². The Morgan fingerprint density at radius 1 is 1.11 bits per heavy atom. The molecule has 3 heteroatoms. The largest absolute Gasteiger partial charge is 0.384 e. The minimum atomic E-state index is 0.569. The van der Waals surface area contributed by atoms with Crippen LogP contribution in [0.15, 0.2) is 47.8 Å². The lowest BCUT2D eigenvalue weighted by atomic mass is 10.3. The summed E-state index contributed by atoms with van der Waals surface area (Å²) in [5.41, 5.74) is 1.20. The van der Waals surface area contributed by atoms with Gasteiger partial charge in [0.25, 0.3) is 0 Å². The molecule has 0 radical (unpaired) electrons. The van der Waals surface area contributed by atoms with Gasteiger partial charge in [-0.3, -0.25) is 4.90 Å². The van der Waals surface area contributed by atoms with Gasteiger partial charge in [0.2, 0.25) is 0 Å². The highest BCUT2D eigenvalue weighted by Crippen LogP contribution is 2.13. The third-order valence-electron chi connectivity index (χ3n) is 3.17. The fraction of sp³-hybridized carbons (Fsp3) is 0.375. The molecular formula is C16H22N2S. The van der Waals surface area contributed by atoms with E-state index < -0.39 is 0 Å². The number of hydrogen-bond acceptors (Lipinski definition) is 3. The summed E-state index contributed by atoms with van der Waals surface area (Å²) in [5, 5.41) is 5.62. The van der Waals surface area contributed by atoms with E-state index in [-0.39, 0.29) is 0 Å². The minimum absolute atomic E-state index is 0.569. The number of nitrogens with one attached hydrogen (secondary N) is 1. The lowest BCUT2D eigenvalue weighted by Gasteiger charge is -2.26. The average Bonchev–Trinajstić information content (AvgIpc) is 2.91. The van der Waals surface area contributed by atoms with Crippen LogP contribution in [0.5, 0.6) is 0 Å². The summed E-state index contributed by atoms with van der Waals surface area (Å²) in [4.78, 5) is 3.94. The van der Waals surface area contributed by atoms with Crippen molar-refractivity contribution < 1.29 is 0 Å². The van der Waals surface area contributed by atoms with E-state index in [1.807, 2.05) is 17.4 Å². The van der Waals surface area contributed by atoms with Crippen molar-refractivity contribution in [2.45, 2.75) is 26.4 Å². The van der Waals surface area contributed by atoms with Gasteiger partial charge in [-0.2, -0.15) is 0 Å². The van der Waals surface area contributed by atoms with E-state index in [9.17, 15) is 0 Å². The van der Waals surface area contributed by atoms with Crippen molar-refractivity contribution in [3.8, 4) is 0 Å². The van der Waals surface area contributed by atoms with E-state index in [0.717, 1.165) is 19.6 Å². The quantitative estimate of drug-likeness (QED) is 0.818. The first kappa shape index (κ1) is 14.1. The fourth-order valence-corrected chi connectivity index (χ4v) is 2.75. The van der Waals surface area contributed by atoms with Gasteiger partial charge < -0.3 is 5.32 Å².